The average Bonchev–Trinajstić information content (AvgIpc) is 2.74. The van der Waals surface area contributed by atoms with Crippen molar-refractivity contribution in [1.29, 1.82) is 0 Å². The van der Waals surface area contributed by atoms with E-state index in [0.29, 0.717) is 0 Å². The number of hydrogen-bond donors (Lipinski definition) is 0. The van der Waals surface area contributed by atoms with Crippen molar-refractivity contribution in [1.82, 2.24) is 0 Å². The first-order chi connectivity index (χ1) is 8.78. The predicted octanol–water partition coefficient (Wildman–Crippen LogP) is 3.85. The molecule has 2 heterocycles. The fourth-order valence-electron chi connectivity index (χ4n) is 2.14. The van der Waals surface area contributed by atoms with Gasteiger partial charge >= 0.3 is 7.12 Å². The molecule has 0 amide bonds. The molecule has 0 spiro atoms. The molecule has 100 valence electrons. The molecule has 1 aliphatic heterocycles. The van der Waals surface area contributed by atoms with Gasteiger partial charge in [-0.15, -0.1) is 11.3 Å². The summed E-state index contributed by atoms with van der Waals surface area (Å²) >= 11 is 7.62. The third-order valence-electron chi connectivity index (χ3n) is 4.04. The third kappa shape index (κ3) is 2.21. The average molecular weight is 295 g/mol. The van der Waals surface area contributed by atoms with Gasteiger partial charge in [-0.05, 0) is 50.7 Å². The smallest absolute Gasteiger partial charge is 0.399 e. The van der Waals surface area contributed by atoms with Crippen molar-refractivity contribution in [2.75, 3.05) is 0 Å². The molecule has 1 saturated heterocycles. The molecule has 3 rings (SSSR count). The fourth-order valence-corrected chi connectivity index (χ4v) is 3.34. The van der Waals surface area contributed by atoms with Gasteiger partial charge in [-0.1, -0.05) is 23.7 Å². The van der Waals surface area contributed by atoms with Gasteiger partial charge in [0.1, 0.15) is 0 Å². The van der Waals surface area contributed by atoms with Gasteiger partial charge in [0, 0.05) is 4.70 Å². The van der Waals surface area contributed by atoms with Crippen LogP contribution in [0.4, 0.5) is 0 Å². The first kappa shape index (κ1) is 13.4. The molecule has 0 bridgehead atoms. The normalized spacial score (nSPS) is 21.2. The highest BCUT2D eigenvalue weighted by Gasteiger charge is 2.51. The minimum absolute atomic E-state index is 0.306. The summed E-state index contributed by atoms with van der Waals surface area (Å²) in [6.45, 7) is 8.25. The van der Waals surface area contributed by atoms with Crippen LogP contribution >= 0.6 is 22.9 Å². The molecule has 2 aromatic rings. The maximum Gasteiger partial charge on any atom is 0.494 e. The van der Waals surface area contributed by atoms with Gasteiger partial charge in [0.15, 0.2) is 0 Å². The molecule has 0 saturated carbocycles. The lowest BCUT2D eigenvalue weighted by molar-refractivity contribution is 0.00578. The quantitative estimate of drug-likeness (QED) is 0.744. The Kier molecular flexibility index (Phi) is 2.99. The lowest BCUT2D eigenvalue weighted by Crippen LogP contribution is -2.41. The van der Waals surface area contributed by atoms with E-state index in [1.165, 1.54) is 0 Å². The highest BCUT2D eigenvalue weighted by atomic mass is 35.5. The summed E-state index contributed by atoms with van der Waals surface area (Å²) in [5.41, 5.74) is 0.434. The van der Waals surface area contributed by atoms with E-state index in [9.17, 15) is 0 Å². The van der Waals surface area contributed by atoms with E-state index in [4.69, 9.17) is 20.9 Å². The largest absolute Gasteiger partial charge is 0.494 e. The summed E-state index contributed by atoms with van der Waals surface area (Å²) in [5, 5.41) is 1.16. The first-order valence-corrected chi connectivity index (χ1v) is 7.53. The Bertz CT molecular complexity index is 619. The number of hydrogen-bond acceptors (Lipinski definition) is 3. The molecule has 0 N–H and O–H groups in total. The van der Waals surface area contributed by atoms with Crippen LogP contribution in [0.3, 0.4) is 0 Å². The van der Waals surface area contributed by atoms with Gasteiger partial charge in [-0.25, -0.2) is 0 Å². The first-order valence-electron chi connectivity index (χ1n) is 6.33. The van der Waals surface area contributed by atoms with E-state index in [1.807, 2.05) is 12.1 Å². The van der Waals surface area contributed by atoms with E-state index >= 15 is 0 Å². The maximum atomic E-state index is 6.06. The van der Waals surface area contributed by atoms with Gasteiger partial charge in [0.05, 0.1) is 15.5 Å². The predicted molar refractivity (Wildman–Crippen MR) is 82.6 cm³/mol. The molecule has 2 nitrogen and oxygen atoms in total. The standard InChI is InChI=1S/C14H16BClO2S/c1-13(2)14(3,4)18-15(17-13)10-6-5-9-7-12(16)19-11(9)8-10/h5-8H,1-4H3. The zero-order chi connectivity index (χ0) is 13.8. The molecule has 0 unspecified atom stereocenters. The molecular weight excluding hydrogens is 278 g/mol. The van der Waals surface area contributed by atoms with E-state index in [0.717, 1.165) is 19.9 Å². The molecular formula is C14H16BClO2S. The summed E-state index contributed by atoms with van der Waals surface area (Å²) in [4.78, 5) is 0. The van der Waals surface area contributed by atoms with Crippen LogP contribution in [0.1, 0.15) is 27.7 Å². The van der Waals surface area contributed by atoms with Crippen molar-refractivity contribution in [2.45, 2.75) is 38.9 Å². The molecule has 1 aliphatic rings. The molecule has 1 aromatic carbocycles. The lowest BCUT2D eigenvalue weighted by Gasteiger charge is -2.32. The monoisotopic (exact) mass is 294 g/mol. The number of halogens is 1. The van der Waals surface area contributed by atoms with E-state index in [1.54, 1.807) is 11.3 Å². The van der Waals surface area contributed by atoms with Crippen LogP contribution in [0.2, 0.25) is 4.34 Å². The maximum absolute atomic E-state index is 6.06. The molecule has 19 heavy (non-hydrogen) atoms. The van der Waals surface area contributed by atoms with Crippen molar-refractivity contribution < 1.29 is 9.31 Å². The van der Waals surface area contributed by atoms with Crippen molar-refractivity contribution >= 4 is 45.6 Å². The molecule has 5 heteroatoms. The number of rotatable bonds is 1. The molecule has 0 aliphatic carbocycles. The van der Waals surface area contributed by atoms with Crippen LogP contribution in [-0.2, 0) is 9.31 Å². The van der Waals surface area contributed by atoms with Gasteiger partial charge in [0.2, 0.25) is 0 Å². The van der Waals surface area contributed by atoms with Crippen LogP contribution in [0.25, 0.3) is 10.1 Å². The van der Waals surface area contributed by atoms with Gasteiger partial charge in [-0.2, -0.15) is 0 Å². The zero-order valence-corrected chi connectivity index (χ0v) is 13.1. The summed E-state index contributed by atoms with van der Waals surface area (Å²) in [6, 6.07) is 8.20. The lowest BCUT2D eigenvalue weighted by atomic mass is 9.79. The highest BCUT2D eigenvalue weighted by Crippen LogP contribution is 2.37. The van der Waals surface area contributed by atoms with Crippen LogP contribution in [0.15, 0.2) is 24.3 Å². The van der Waals surface area contributed by atoms with Crippen LogP contribution in [-0.4, -0.2) is 18.3 Å². The second kappa shape index (κ2) is 4.22. The Morgan fingerprint density at radius 1 is 1.05 bits per heavy atom. The molecule has 1 aromatic heterocycles. The Morgan fingerprint density at radius 2 is 1.68 bits per heavy atom. The zero-order valence-electron chi connectivity index (χ0n) is 11.5. The van der Waals surface area contributed by atoms with Gasteiger partial charge in [0.25, 0.3) is 0 Å². The summed E-state index contributed by atoms with van der Waals surface area (Å²) in [5.74, 6) is 0. The Labute approximate surface area is 122 Å². The second-order valence-corrected chi connectivity index (χ2v) is 7.65. The number of benzene rings is 1. The topological polar surface area (TPSA) is 18.5 Å². The molecule has 0 atom stereocenters. The third-order valence-corrected chi connectivity index (χ3v) is 5.27. The Hall–Kier alpha value is -0.545. The van der Waals surface area contributed by atoms with E-state index in [-0.39, 0.29) is 18.3 Å². The Morgan fingerprint density at radius 3 is 2.32 bits per heavy atom. The van der Waals surface area contributed by atoms with Crippen molar-refractivity contribution in [2.24, 2.45) is 0 Å². The minimum Gasteiger partial charge on any atom is -0.399 e. The van der Waals surface area contributed by atoms with E-state index in [2.05, 4.69) is 39.8 Å². The van der Waals surface area contributed by atoms with Crippen molar-refractivity contribution in [3.63, 3.8) is 0 Å². The van der Waals surface area contributed by atoms with Crippen molar-refractivity contribution in [3.8, 4) is 0 Å². The number of fused-ring (bicyclic) bond motifs is 1. The Balaban J connectivity index is 1.97. The van der Waals surface area contributed by atoms with Gasteiger partial charge in [-0.3, -0.25) is 0 Å². The van der Waals surface area contributed by atoms with Crippen LogP contribution < -0.4 is 5.46 Å². The van der Waals surface area contributed by atoms with Crippen molar-refractivity contribution in [3.05, 3.63) is 28.6 Å². The second-order valence-electron chi connectivity index (χ2n) is 5.94. The van der Waals surface area contributed by atoms with Crippen LogP contribution in [0, 0.1) is 0 Å². The highest BCUT2D eigenvalue weighted by molar-refractivity contribution is 7.22. The minimum atomic E-state index is -0.310. The summed E-state index contributed by atoms with van der Waals surface area (Å²) < 4.78 is 14.1. The molecule has 0 radical (unpaired) electrons. The van der Waals surface area contributed by atoms with Gasteiger partial charge < -0.3 is 9.31 Å². The summed E-state index contributed by atoms with van der Waals surface area (Å²) in [7, 11) is -0.310. The molecule has 1 fully saturated rings. The van der Waals surface area contributed by atoms with E-state index < -0.39 is 0 Å². The summed E-state index contributed by atoms with van der Waals surface area (Å²) in [6.07, 6.45) is 0. The number of thiophene rings is 1. The fraction of sp³-hybridized carbons (Fsp3) is 0.429. The van der Waals surface area contributed by atoms with Crippen LogP contribution in [0.5, 0.6) is 0 Å². The SMILES string of the molecule is CC1(C)OB(c2ccc3cc(Cl)sc3c2)OC1(C)C.